The van der Waals surface area contributed by atoms with Gasteiger partial charge in [0.2, 0.25) is 0 Å². The standard InChI is InChI=1S/C16H23NO/c1-15(2,3)12-9-7-8-11-10-17(16(4,5)6)14(18)13(11)12/h7-9H,10H2,1-6H3/i9D. The number of hydrogen-bond donors (Lipinski definition) is 0. The first kappa shape index (κ1) is 11.8. The van der Waals surface area contributed by atoms with E-state index in [1.54, 1.807) is 0 Å². The zero-order valence-corrected chi connectivity index (χ0v) is 12.2. The second-order valence-corrected chi connectivity index (χ2v) is 7.07. The fraction of sp³-hybridized carbons (Fsp3) is 0.562. The number of rotatable bonds is 0. The van der Waals surface area contributed by atoms with E-state index in [-0.39, 0.29) is 16.9 Å². The van der Waals surface area contributed by atoms with Crippen LogP contribution in [0, 0.1) is 0 Å². The van der Waals surface area contributed by atoms with Crippen LogP contribution in [0.25, 0.3) is 0 Å². The molecule has 0 saturated heterocycles. The molecule has 0 aromatic heterocycles. The monoisotopic (exact) mass is 246 g/mol. The summed E-state index contributed by atoms with van der Waals surface area (Å²) < 4.78 is 8.14. The van der Waals surface area contributed by atoms with Gasteiger partial charge in [-0.3, -0.25) is 4.79 Å². The number of fused-ring (bicyclic) bond motifs is 1. The zero-order chi connectivity index (χ0) is 14.6. The van der Waals surface area contributed by atoms with Crippen molar-refractivity contribution in [3.05, 3.63) is 34.9 Å². The number of amides is 1. The van der Waals surface area contributed by atoms with Crippen LogP contribution in [0.1, 0.15) is 64.4 Å². The van der Waals surface area contributed by atoms with Gasteiger partial charge in [-0.15, -0.1) is 0 Å². The maximum absolute atomic E-state index is 12.7. The molecule has 0 aliphatic carbocycles. The van der Waals surface area contributed by atoms with Crippen LogP contribution >= 0.6 is 0 Å². The van der Waals surface area contributed by atoms with Crippen LogP contribution in [0.2, 0.25) is 0 Å². The van der Waals surface area contributed by atoms with Gasteiger partial charge >= 0.3 is 0 Å². The summed E-state index contributed by atoms with van der Waals surface area (Å²) in [6, 6.07) is 4.21. The van der Waals surface area contributed by atoms with Crippen molar-refractivity contribution in [1.82, 2.24) is 4.90 Å². The molecule has 0 saturated carbocycles. The van der Waals surface area contributed by atoms with Crippen molar-refractivity contribution in [2.75, 3.05) is 0 Å². The van der Waals surface area contributed by atoms with E-state index in [0.717, 1.165) is 16.7 Å². The Bertz CT molecular complexity index is 535. The van der Waals surface area contributed by atoms with Crippen LogP contribution in [0.5, 0.6) is 0 Å². The number of hydrogen-bond acceptors (Lipinski definition) is 1. The van der Waals surface area contributed by atoms with Crippen molar-refractivity contribution in [3.8, 4) is 0 Å². The molecule has 2 rings (SSSR count). The van der Waals surface area contributed by atoms with Gasteiger partial charge in [-0.25, -0.2) is 0 Å². The van der Waals surface area contributed by atoms with E-state index in [0.29, 0.717) is 12.6 Å². The number of carbonyl (C=O) groups is 1. The van der Waals surface area contributed by atoms with Crippen LogP contribution in [-0.4, -0.2) is 16.3 Å². The fourth-order valence-corrected chi connectivity index (χ4v) is 2.43. The maximum Gasteiger partial charge on any atom is 0.255 e. The highest BCUT2D eigenvalue weighted by atomic mass is 16.2. The predicted octanol–water partition coefficient (Wildman–Crippen LogP) is 3.74. The Morgan fingerprint density at radius 2 is 1.83 bits per heavy atom. The minimum atomic E-state index is -0.189. The quantitative estimate of drug-likeness (QED) is 0.683. The molecule has 1 heterocycles. The topological polar surface area (TPSA) is 20.3 Å². The van der Waals surface area contributed by atoms with Gasteiger partial charge in [0.05, 0.1) is 1.37 Å². The van der Waals surface area contributed by atoms with Crippen molar-refractivity contribution in [1.29, 1.82) is 0 Å². The third-order valence-electron chi connectivity index (χ3n) is 3.43. The molecule has 1 aromatic rings. The lowest BCUT2D eigenvalue weighted by atomic mass is 9.82. The summed E-state index contributed by atoms with van der Waals surface area (Å²) in [6.07, 6.45) is 0. The Morgan fingerprint density at radius 3 is 2.33 bits per heavy atom. The molecular weight excluding hydrogens is 222 g/mol. The summed E-state index contributed by atoms with van der Waals surface area (Å²) in [4.78, 5) is 14.6. The molecule has 0 bridgehead atoms. The normalized spacial score (nSPS) is 16.9. The molecule has 2 nitrogen and oxygen atoms in total. The average Bonchev–Trinajstić information content (AvgIpc) is 2.54. The first-order chi connectivity index (χ1) is 8.53. The van der Waals surface area contributed by atoms with Crippen molar-refractivity contribution in [3.63, 3.8) is 0 Å². The van der Waals surface area contributed by atoms with Crippen molar-refractivity contribution in [2.24, 2.45) is 0 Å². The molecule has 1 aromatic carbocycles. The molecule has 1 aliphatic heterocycles. The molecule has 1 amide bonds. The van der Waals surface area contributed by atoms with E-state index in [1.807, 2.05) is 17.0 Å². The SMILES string of the molecule is [2H]c1ccc2c(c1C(C)(C)C)C(=O)N(C(C)(C)C)C2. The second kappa shape index (κ2) is 3.84. The minimum absolute atomic E-state index is 0.0709. The molecule has 2 heteroatoms. The number of nitrogens with zero attached hydrogens (tertiary/aromatic N) is 1. The number of benzene rings is 1. The van der Waals surface area contributed by atoms with Gasteiger partial charge < -0.3 is 4.90 Å². The summed E-state index contributed by atoms with van der Waals surface area (Å²) in [7, 11) is 0. The summed E-state index contributed by atoms with van der Waals surface area (Å²) in [6.45, 7) is 13.0. The van der Waals surface area contributed by atoms with E-state index in [9.17, 15) is 4.79 Å². The second-order valence-electron chi connectivity index (χ2n) is 7.07. The highest BCUT2D eigenvalue weighted by Gasteiger charge is 2.37. The van der Waals surface area contributed by atoms with Crippen LogP contribution in [0.15, 0.2) is 18.2 Å². The largest absolute Gasteiger partial charge is 0.329 e. The molecule has 0 N–H and O–H groups in total. The minimum Gasteiger partial charge on any atom is -0.329 e. The van der Waals surface area contributed by atoms with E-state index < -0.39 is 0 Å². The smallest absolute Gasteiger partial charge is 0.255 e. The lowest BCUT2D eigenvalue weighted by Gasteiger charge is -2.32. The van der Waals surface area contributed by atoms with Gasteiger partial charge in [-0.1, -0.05) is 38.9 Å². The van der Waals surface area contributed by atoms with Gasteiger partial charge in [-0.05, 0) is 37.3 Å². The average molecular weight is 246 g/mol. The van der Waals surface area contributed by atoms with Crippen molar-refractivity contribution < 1.29 is 6.17 Å². The van der Waals surface area contributed by atoms with Crippen LogP contribution in [0.4, 0.5) is 0 Å². The summed E-state index contributed by atoms with van der Waals surface area (Å²) in [5, 5.41) is 0. The Morgan fingerprint density at radius 1 is 1.22 bits per heavy atom. The molecule has 18 heavy (non-hydrogen) atoms. The Hall–Kier alpha value is -1.31. The Balaban J connectivity index is 2.63. The summed E-state index contributed by atoms with van der Waals surface area (Å²) >= 11 is 0. The van der Waals surface area contributed by atoms with Crippen LogP contribution < -0.4 is 0 Å². The highest BCUT2D eigenvalue weighted by molar-refractivity contribution is 6.00. The third-order valence-corrected chi connectivity index (χ3v) is 3.43. The number of carbonyl (C=O) groups excluding carboxylic acids is 1. The van der Waals surface area contributed by atoms with E-state index in [1.165, 1.54) is 0 Å². The Labute approximate surface area is 111 Å². The van der Waals surface area contributed by atoms with Crippen LogP contribution in [-0.2, 0) is 12.0 Å². The molecule has 0 spiro atoms. The van der Waals surface area contributed by atoms with Gasteiger partial charge in [0.1, 0.15) is 0 Å². The molecule has 0 radical (unpaired) electrons. The molecule has 98 valence electrons. The Kier molecular flexibility index (Phi) is 2.51. The van der Waals surface area contributed by atoms with Crippen molar-refractivity contribution in [2.45, 2.75) is 59.0 Å². The first-order valence-electron chi connectivity index (χ1n) is 6.98. The molecule has 0 fully saturated rings. The summed E-state index contributed by atoms with van der Waals surface area (Å²) in [5.41, 5.74) is 2.32. The lowest BCUT2D eigenvalue weighted by molar-refractivity contribution is 0.0608. The molecular formula is C16H23NO. The van der Waals surface area contributed by atoms with E-state index in [4.69, 9.17) is 1.37 Å². The third kappa shape index (κ3) is 2.05. The first-order valence-corrected chi connectivity index (χ1v) is 6.48. The fourth-order valence-electron chi connectivity index (χ4n) is 2.43. The molecule has 0 unspecified atom stereocenters. The van der Waals surface area contributed by atoms with Crippen LogP contribution in [0.3, 0.4) is 0 Å². The van der Waals surface area contributed by atoms with Gasteiger partial charge in [0, 0.05) is 17.6 Å². The van der Waals surface area contributed by atoms with Gasteiger partial charge in [0.25, 0.3) is 5.91 Å². The summed E-state index contributed by atoms with van der Waals surface area (Å²) in [5.74, 6) is 0.0709. The van der Waals surface area contributed by atoms with E-state index >= 15 is 0 Å². The predicted molar refractivity (Wildman–Crippen MR) is 74.8 cm³/mol. The maximum atomic E-state index is 12.7. The van der Waals surface area contributed by atoms with Gasteiger partial charge in [-0.2, -0.15) is 0 Å². The highest BCUT2D eigenvalue weighted by Crippen LogP contribution is 2.35. The van der Waals surface area contributed by atoms with E-state index in [2.05, 4.69) is 41.5 Å². The van der Waals surface area contributed by atoms with Gasteiger partial charge in [0.15, 0.2) is 0 Å². The molecule has 0 atom stereocenters. The molecule has 1 aliphatic rings. The van der Waals surface area contributed by atoms with Crippen molar-refractivity contribution >= 4 is 5.91 Å². The lowest BCUT2D eigenvalue weighted by Crippen LogP contribution is -2.41. The zero-order valence-electron chi connectivity index (χ0n) is 13.2.